The molecule has 0 saturated carbocycles. The second-order valence-electron chi connectivity index (χ2n) is 6.76. The fourth-order valence-corrected chi connectivity index (χ4v) is 3.39. The van der Waals surface area contributed by atoms with Crippen molar-refractivity contribution in [2.24, 2.45) is 0 Å². The molecule has 136 valence electrons. The summed E-state index contributed by atoms with van der Waals surface area (Å²) in [5, 5.41) is 12.6. The zero-order valence-electron chi connectivity index (χ0n) is 15.0. The number of aryl methyl sites for hydroxylation is 1. The highest BCUT2D eigenvalue weighted by molar-refractivity contribution is 5.85. The average Bonchev–Trinajstić information content (AvgIpc) is 3.04. The number of piperidine rings is 1. The average molecular weight is 352 g/mol. The van der Waals surface area contributed by atoms with E-state index in [2.05, 4.69) is 44.2 Å². The largest absolute Gasteiger partial charge is 0.396 e. The van der Waals surface area contributed by atoms with Gasteiger partial charge in [0.05, 0.1) is 6.61 Å². The molecule has 1 aliphatic rings. The van der Waals surface area contributed by atoms with Crippen LogP contribution in [0.4, 0.5) is 17.5 Å². The Balaban J connectivity index is 1.72. The number of H-pyrrole nitrogens is 1. The van der Waals surface area contributed by atoms with Crippen molar-refractivity contribution in [2.45, 2.75) is 32.6 Å². The molecular weight excluding hydrogens is 328 g/mol. The summed E-state index contributed by atoms with van der Waals surface area (Å²) < 4.78 is 0. The number of aromatic amines is 1. The minimum absolute atomic E-state index is 0.0315. The molecule has 0 atom stereocenters. The standard InChI is InChI=1S/C19H24N6O/c1-13-6-5-7-14(12-13)20-19-23-16-17(24-19)21-15(8-11-26)22-18(16)25-9-3-2-4-10-25/h5-7,12,26H,2-4,8-11H2,1H3,(H2,20,21,22,23,24). The molecule has 0 aliphatic carbocycles. The molecule has 7 heteroatoms. The van der Waals surface area contributed by atoms with Crippen LogP contribution < -0.4 is 10.2 Å². The number of hydrogen-bond donors (Lipinski definition) is 3. The fourth-order valence-electron chi connectivity index (χ4n) is 3.39. The number of nitrogens with zero attached hydrogens (tertiary/aromatic N) is 4. The van der Waals surface area contributed by atoms with Crippen molar-refractivity contribution in [3.63, 3.8) is 0 Å². The van der Waals surface area contributed by atoms with Crippen LogP contribution >= 0.6 is 0 Å². The molecule has 1 aromatic carbocycles. The molecule has 3 heterocycles. The molecule has 1 aliphatic heterocycles. The SMILES string of the molecule is Cc1cccc(Nc2nc3nc(CCO)nc(N4CCCCC4)c3[nH]2)c1. The summed E-state index contributed by atoms with van der Waals surface area (Å²) >= 11 is 0. The first kappa shape index (κ1) is 16.8. The summed E-state index contributed by atoms with van der Waals surface area (Å²) in [6, 6.07) is 8.15. The molecule has 0 unspecified atom stereocenters. The molecule has 1 fully saturated rings. The van der Waals surface area contributed by atoms with E-state index in [-0.39, 0.29) is 6.61 Å². The maximum atomic E-state index is 9.28. The minimum Gasteiger partial charge on any atom is -0.396 e. The normalized spacial score (nSPS) is 14.8. The number of anilines is 3. The van der Waals surface area contributed by atoms with Gasteiger partial charge in [-0.3, -0.25) is 0 Å². The lowest BCUT2D eigenvalue weighted by atomic mass is 10.1. The van der Waals surface area contributed by atoms with Crippen molar-refractivity contribution in [1.82, 2.24) is 19.9 Å². The lowest BCUT2D eigenvalue weighted by Crippen LogP contribution is -2.30. The Kier molecular flexibility index (Phi) is 4.71. The van der Waals surface area contributed by atoms with Gasteiger partial charge in [0.15, 0.2) is 11.5 Å². The molecule has 7 nitrogen and oxygen atoms in total. The van der Waals surface area contributed by atoms with Crippen molar-refractivity contribution < 1.29 is 5.11 Å². The molecular formula is C19H24N6O. The minimum atomic E-state index is 0.0315. The molecule has 1 saturated heterocycles. The van der Waals surface area contributed by atoms with E-state index in [1.807, 2.05) is 12.1 Å². The van der Waals surface area contributed by atoms with Gasteiger partial charge in [-0.05, 0) is 43.9 Å². The third kappa shape index (κ3) is 3.48. The maximum Gasteiger partial charge on any atom is 0.207 e. The molecule has 4 rings (SSSR count). The van der Waals surface area contributed by atoms with Gasteiger partial charge < -0.3 is 20.3 Å². The Morgan fingerprint density at radius 1 is 1.15 bits per heavy atom. The van der Waals surface area contributed by atoms with Crippen LogP contribution in [0.3, 0.4) is 0 Å². The first-order valence-corrected chi connectivity index (χ1v) is 9.19. The number of imidazole rings is 1. The number of aliphatic hydroxyl groups excluding tert-OH is 1. The molecule has 0 amide bonds. The first-order valence-electron chi connectivity index (χ1n) is 9.19. The number of aromatic nitrogens is 4. The number of aliphatic hydroxyl groups is 1. The van der Waals surface area contributed by atoms with Gasteiger partial charge in [0.1, 0.15) is 11.3 Å². The van der Waals surface area contributed by atoms with E-state index in [0.717, 1.165) is 30.1 Å². The Labute approximate surface area is 152 Å². The van der Waals surface area contributed by atoms with Crippen molar-refractivity contribution in [3.05, 3.63) is 35.7 Å². The van der Waals surface area contributed by atoms with Crippen LogP contribution in [0.2, 0.25) is 0 Å². The van der Waals surface area contributed by atoms with Gasteiger partial charge in [0.2, 0.25) is 5.95 Å². The highest BCUT2D eigenvalue weighted by atomic mass is 16.3. The van der Waals surface area contributed by atoms with Crippen LogP contribution in [0, 0.1) is 6.92 Å². The van der Waals surface area contributed by atoms with Crippen molar-refractivity contribution >= 4 is 28.6 Å². The summed E-state index contributed by atoms with van der Waals surface area (Å²) in [7, 11) is 0. The number of hydrogen-bond acceptors (Lipinski definition) is 6. The van der Waals surface area contributed by atoms with Crippen LogP contribution in [-0.2, 0) is 6.42 Å². The molecule has 0 bridgehead atoms. The van der Waals surface area contributed by atoms with E-state index < -0.39 is 0 Å². The van der Waals surface area contributed by atoms with E-state index in [9.17, 15) is 5.11 Å². The number of benzene rings is 1. The van der Waals surface area contributed by atoms with Crippen LogP contribution in [0.1, 0.15) is 30.7 Å². The second-order valence-corrected chi connectivity index (χ2v) is 6.76. The van der Waals surface area contributed by atoms with Crippen LogP contribution in [0.5, 0.6) is 0 Å². The van der Waals surface area contributed by atoms with Gasteiger partial charge in [-0.2, -0.15) is 4.98 Å². The summed E-state index contributed by atoms with van der Waals surface area (Å²) in [5.74, 6) is 2.18. The Morgan fingerprint density at radius 3 is 2.77 bits per heavy atom. The monoisotopic (exact) mass is 352 g/mol. The maximum absolute atomic E-state index is 9.28. The smallest absolute Gasteiger partial charge is 0.207 e. The predicted molar refractivity (Wildman–Crippen MR) is 103 cm³/mol. The van der Waals surface area contributed by atoms with E-state index in [4.69, 9.17) is 4.98 Å². The molecule has 26 heavy (non-hydrogen) atoms. The zero-order chi connectivity index (χ0) is 17.9. The molecule has 0 radical (unpaired) electrons. The van der Waals surface area contributed by atoms with Gasteiger partial charge in [-0.15, -0.1) is 0 Å². The van der Waals surface area contributed by atoms with Gasteiger partial charge in [0.25, 0.3) is 0 Å². The third-order valence-corrected chi connectivity index (χ3v) is 4.65. The van der Waals surface area contributed by atoms with Gasteiger partial charge in [-0.1, -0.05) is 12.1 Å². The number of fused-ring (bicyclic) bond motifs is 1. The fraction of sp³-hybridized carbons (Fsp3) is 0.421. The quantitative estimate of drug-likeness (QED) is 0.654. The van der Waals surface area contributed by atoms with E-state index in [1.54, 1.807) is 0 Å². The Hall–Kier alpha value is -2.67. The highest BCUT2D eigenvalue weighted by Gasteiger charge is 2.19. The van der Waals surface area contributed by atoms with Crippen LogP contribution in [0.15, 0.2) is 24.3 Å². The molecule has 3 aromatic rings. The predicted octanol–water partition coefficient (Wildman–Crippen LogP) is 2.93. The Morgan fingerprint density at radius 2 is 2.00 bits per heavy atom. The van der Waals surface area contributed by atoms with Crippen LogP contribution in [-0.4, -0.2) is 44.7 Å². The van der Waals surface area contributed by atoms with Gasteiger partial charge >= 0.3 is 0 Å². The number of rotatable bonds is 5. The highest BCUT2D eigenvalue weighted by Crippen LogP contribution is 2.27. The lowest BCUT2D eigenvalue weighted by molar-refractivity contribution is 0.296. The van der Waals surface area contributed by atoms with Crippen molar-refractivity contribution in [1.29, 1.82) is 0 Å². The van der Waals surface area contributed by atoms with Crippen molar-refractivity contribution in [2.75, 3.05) is 29.9 Å². The zero-order valence-corrected chi connectivity index (χ0v) is 15.0. The van der Waals surface area contributed by atoms with Crippen LogP contribution in [0.25, 0.3) is 11.2 Å². The first-order chi connectivity index (χ1) is 12.7. The summed E-state index contributed by atoms with van der Waals surface area (Å²) in [6.07, 6.45) is 4.04. The van der Waals surface area contributed by atoms with E-state index in [0.29, 0.717) is 23.8 Å². The Bertz CT molecular complexity index is 900. The second kappa shape index (κ2) is 7.29. The summed E-state index contributed by atoms with van der Waals surface area (Å²) in [4.78, 5) is 19.5. The molecule has 0 spiro atoms. The molecule has 3 N–H and O–H groups in total. The summed E-state index contributed by atoms with van der Waals surface area (Å²) in [5.41, 5.74) is 3.65. The molecule has 2 aromatic heterocycles. The van der Waals surface area contributed by atoms with E-state index >= 15 is 0 Å². The van der Waals surface area contributed by atoms with Crippen molar-refractivity contribution in [3.8, 4) is 0 Å². The third-order valence-electron chi connectivity index (χ3n) is 4.65. The lowest BCUT2D eigenvalue weighted by Gasteiger charge is -2.28. The topological polar surface area (TPSA) is 90.0 Å². The summed E-state index contributed by atoms with van der Waals surface area (Å²) in [6.45, 7) is 4.07. The van der Waals surface area contributed by atoms with E-state index in [1.165, 1.54) is 24.8 Å². The number of nitrogens with one attached hydrogen (secondary N) is 2. The van der Waals surface area contributed by atoms with Gasteiger partial charge in [-0.25, -0.2) is 9.97 Å². The van der Waals surface area contributed by atoms with Gasteiger partial charge in [0, 0.05) is 25.2 Å².